The van der Waals surface area contributed by atoms with E-state index in [4.69, 9.17) is 14.6 Å². The maximum Gasteiger partial charge on any atom is 0.305 e. The molecule has 28 heavy (non-hydrogen) atoms. The Bertz CT molecular complexity index is 563. The van der Waals surface area contributed by atoms with Crippen molar-refractivity contribution in [2.24, 2.45) is 0 Å². The van der Waals surface area contributed by atoms with Gasteiger partial charge >= 0.3 is 5.97 Å². The largest absolute Gasteiger partial charge is 0.493 e. The van der Waals surface area contributed by atoms with Crippen LogP contribution in [0.5, 0.6) is 5.75 Å². The lowest BCUT2D eigenvalue weighted by Gasteiger charge is -2.20. The predicted molar refractivity (Wildman–Crippen MR) is 112 cm³/mol. The van der Waals surface area contributed by atoms with Gasteiger partial charge in [-0.1, -0.05) is 25.0 Å². The molecule has 0 aromatic heterocycles. The fourth-order valence-corrected chi connectivity index (χ4v) is 3.11. The summed E-state index contributed by atoms with van der Waals surface area (Å²) in [5.41, 5.74) is 1.69. The molecule has 0 aliphatic heterocycles. The molecule has 0 heterocycles. The minimum Gasteiger partial charge on any atom is -0.493 e. The molecule has 0 saturated heterocycles. The molecule has 160 valence electrons. The van der Waals surface area contributed by atoms with Crippen LogP contribution in [0.25, 0.3) is 0 Å². The van der Waals surface area contributed by atoms with E-state index in [9.17, 15) is 9.90 Å². The van der Waals surface area contributed by atoms with Gasteiger partial charge in [0.2, 0.25) is 0 Å². The Morgan fingerprint density at radius 1 is 1.07 bits per heavy atom. The van der Waals surface area contributed by atoms with Crippen LogP contribution in [-0.4, -0.2) is 41.6 Å². The number of ether oxygens (including phenoxy) is 2. The molecule has 0 aliphatic carbocycles. The molecule has 1 aromatic carbocycles. The minimum atomic E-state index is -0.727. The molecule has 2 N–H and O–H groups in total. The van der Waals surface area contributed by atoms with Crippen LogP contribution in [0, 0.1) is 0 Å². The Hall–Kier alpha value is -1.59. The summed E-state index contributed by atoms with van der Waals surface area (Å²) in [5, 5.41) is 19.1. The van der Waals surface area contributed by atoms with E-state index in [-0.39, 0.29) is 12.6 Å². The third-order valence-electron chi connectivity index (χ3n) is 4.66. The lowest BCUT2D eigenvalue weighted by atomic mass is 9.93. The second-order valence-corrected chi connectivity index (χ2v) is 7.85. The molecule has 0 atom stereocenters. The van der Waals surface area contributed by atoms with Crippen LogP contribution in [0.15, 0.2) is 18.2 Å². The smallest absolute Gasteiger partial charge is 0.305 e. The molecule has 1 rings (SSSR count). The number of rotatable bonds is 15. The van der Waals surface area contributed by atoms with Crippen molar-refractivity contribution in [3.05, 3.63) is 29.3 Å². The normalized spacial score (nSPS) is 11.5. The predicted octanol–water partition coefficient (Wildman–Crippen LogP) is 4.21. The van der Waals surface area contributed by atoms with Crippen molar-refractivity contribution >= 4 is 5.97 Å². The third-order valence-corrected chi connectivity index (χ3v) is 4.66. The van der Waals surface area contributed by atoms with Gasteiger partial charge in [0, 0.05) is 13.0 Å². The molecule has 0 bridgehead atoms. The average Bonchev–Trinajstić information content (AvgIpc) is 2.63. The summed E-state index contributed by atoms with van der Waals surface area (Å²) in [7, 11) is 0. The van der Waals surface area contributed by atoms with E-state index in [2.05, 4.69) is 6.07 Å². The molecule has 5 nitrogen and oxygen atoms in total. The Balaban J connectivity index is 2.71. The van der Waals surface area contributed by atoms with Crippen LogP contribution in [0.3, 0.4) is 0 Å². The second kappa shape index (κ2) is 13.6. The molecule has 5 heteroatoms. The number of aliphatic hydroxyl groups excluding tert-OH is 1. The SMILES string of the molecule is CCOC(=O)CCCOc1cccc(CCCCCCO)c1CCC(C)(C)O. The highest BCUT2D eigenvalue weighted by Gasteiger charge is 2.17. The molecule has 0 spiro atoms. The summed E-state index contributed by atoms with van der Waals surface area (Å²) in [6.45, 7) is 6.58. The quantitative estimate of drug-likeness (QED) is 0.344. The Labute approximate surface area is 170 Å². The number of unbranched alkanes of at least 4 members (excludes halogenated alkanes) is 3. The first kappa shape index (κ1) is 24.4. The summed E-state index contributed by atoms with van der Waals surface area (Å²) >= 11 is 0. The van der Waals surface area contributed by atoms with Gasteiger partial charge in [0.1, 0.15) is 5.75 Å². The summed E-state index contributed by atoms with van der Waals surface area (Å²) in [5.74, 6) is 0.658. The monoisotopic (exact) mass is 394 g/mol. The fourth-order valence-electron chi connectivity index (χ4n) is 3.11. The summed E-state index contributed by atoms with van der Waals surface area (Å²) < 4.78 is 10.9. The van der Waals surface area contributed by atoms with Crippen molar-refractivity contribution in [2.75, 3.05) is 19.8 Å². The van der Waals surface area contributed by atoms with E-state index in [1.54, 1.807) is 6.92 Å². The summed E-state index contributed by atoms with van der Waals surface area (Å²) in [6, 6.07) is 6.12. The van der Waals surface area contributed by atoms with Gasteiger partial charge in [-0.2, -0.15) is 0 Å². The van der Waals surface area contributed by atoms with Crippen molar-refractivity contribution in [2.45, 2.75) is 84.2 Å². The standard InChI is InChI=1S/C23H38O5/c1-4-27-22(25)14-10-18-28-21-13-9-12-19(11-7-5-6-8-17-24)20(21)15-16-23(2,3)26/h9,12-13,24,26H,4-8,10-11,14-18H2,1-3H3. The Morgan fingerprint density at radius 3 is 2.50 bits per heavy atom. The maximum absolute atomic E-state index is 11.5. The lowest BCUT2D eigenvalue weighted by Crippen LogP contribution is -2.20. The van der Waals surface area contributed by atoms with Crippen LogP contribution in [0.1, 0.15) is 76.8 Å². The number of hydrogen-bond acceptors (Lipinski definition) is 5. The highest BCUT2D eigenvalue weighted by Crippen LogP contribution is 2.28. The fraction of sp³-hybridized carbons (Fsp3) is 0.696. The number of aliphatic hydroxyl groups is 2. The summed E-state index contributed by atoms with van der Waals surface area (Å²) in [4.78, 5) is 11.5. The second-order valence-electron chi connectivity index (χ2n) is 7.85. The van der Waals surface area contributed by atoms with Gasteiger partial charge in [-0.3, -0.25) is 4.79 Å². The minimum absolute atomic E-state index is 0.190. The van der Waals surface area contributed by atoms with E-state index in [0.29, 0.717) is 32.5 Å². The zero-order chi connectivity index (χ0) is 20.8. The first-order chi connectivity index (χ1) is 13.4. The van der Waals surface area contributed by atoms with E-state index in [1.807, 2.05) is 26.0 Å². The number of hydrogen-bond donors (Lipinski definition) is 2. The van der Waals surface area contributed by atoms with Crippen molar-refractivity contribution in [1.29, 1.82) is 0 Å². The molecule has 0 fully saturated rings. The highest BCUT2D eigenvalue weighted by molar-refractivity contribution is 5.69. The van der Waals surface area contributed by atoms with Crippen LogP contribution >= 0.6 is 0 Å². The van der Waals surface area contributed by atoms with Crippen LogP contribution in [-0.2, 0) is 22.4 Å². The van der Waals surface area contributed by atoms with Gasteiger partial charge in [-0.15, -0.1) is 0 Å². The molecule has 0 amide bonds. The number of carbonyl (C=O) groups is 1. The van der Waals surface area contributed by atoms with Gasteiger partial charge in [-0.25, -0.2) is 0 Å². The molecule has 0 saturated carbocycles. The van der Waals surface area contributed by atoms with Gasteiger partial charge in [0.05, 0.1) is 18.8 Å². The van der Waals surface area contributed by atoms with Crippen molar-refractivity contribution < 1.29 is 24.5 Å². The average molecular weight is 395 g/mol. The zero-order valence-corrected chi connectivity index (χ0v) is 17.8. The number of esters is 1. The number of carbonyl (C=O) groups excluding carboxylic acids is 1. The third kappa shape index (κ3) is 10.7. The van der Waals surface area contributed by atoms with Crippen molar-refractivity contribution in [3.63, 3.8) is 0 Å². The number of benzene rings is 1. The topological polar surface area (TPSA) is 76.0 Å². The zero-order valence-electron chi connectivity index (χ0n) is 17.8. The lowest BCUT2D eigenvalue weighted by molar-refractivity contribution is -0.143. The van der Waals surface area contributed by atoms with E-state index < -0.39 is 5.60 Å². The molecule has 0 aliphatic rings. The Kier molecular flexibility index (Phi) is 11.8. The summed E-state index contributed by atoms with van der Waals surface area (Å²) in [6.07, 6.45) is 7.42. The first-order valence-electron chi connectivity index (χ1n) is 10.6. The van der Waals surface area contributed by atoms with Crippen molar-refractivity contribution in [3.8, 4) is 5.75 Å². The van der Waals surface area contributed by atoms with Crippen LogP contribution in [0.4, 0.5) is 0 Å². The molecule has 0 unspecified atom stereocenters. The highest BCUT2D eigenvalue weighted by atomic mass is 16.5. The van der Waals surface area contributed by atoms with Crippen LogP contribution < -0.4 is 4.74 Å². The Morgan fingerprint density at radius 2 is 1.82 bits per heavy atom. The molecular formula is C23H38O5. The van der Waals surface area contributed by atoms with Gasteiger partial charge < -0.3 is 19.7 Å². The number of aryl methyl sites for hydroxylation is 1. The first-order valence-corrected chi connectivity index (χ1v) is 10.6. The van der Waals surface area contributed by atoms with E-state index >= 15 is 0 Å². The van der Waals surface area contributed by atoms with E-state index in [1.165, 1.54) is 5.56 Å². The molecule has 0 radical (unpaired) electrons. The maximum atomic E-state index is 11.5. The van der Waals surface area contributed by atoms with Gasteiger partial charge in [0.25, 0.3) is 0 Å². The molecular weight excluding hydrogens is 356 g/mol. The van der Waals surface area contributed by atoms with Crippen LogP contribution in [0.2, 0.25) is 0 Å². The van der Waals surface area contributed by atoms with Gasteiger partial charge in [-0.05, 0) is 76.5 Å². The van der Waals surface area contributed by atoms with Gasteiger partial charge in [0.15, 0.2) is 0 Å². The van der Waals surface area contributed by atoms with E-state index in [0.717, 1.165) is 49.8 Å². The molecule has 1 aromatic rings. The van der Waals surface area contributed by atoms with Crippen molar-refractivity contribution in [1.82, 2.24) is 0 Å².